The van der Waals surface area contributed by atoms with E-state index in [9.17, 15) is 12.9 Å². The number of halogens is 1. The molecule has 0 aromatic carbocycles. The van der Waals surface area contributed by atoms with Crippen LogP contribution in [-0.2, 0) is 14.5 Å². The summed E-state index contributed by atoms with van der Waals surface area (Å²) in [5.41, 5.74) is 0. The first-order valence-electron chi connectivity index (χ1n) is 3.65. The van der Waals surface area contributed by atoms with E-state index in [2.05, 4.69) is 4.39 Å². The molecule has 0 radical (unpaired) electrons. The van der Waals surface area contributed by atoms with Crippen molar-refractivity contribution in [2.24, 2.45) is 0 Å². The molecule has 12 heavy (non-hydrogen) atoms. The van der Waals surface area contributed by atoms with Crippen LogP contribution >= 0.6 is 0 Å². The van der Waals surface area contributed by atoms with E-state index in [-0.39, 0.29) is 11.9 Å². The molecule has 0 saturated carbocycles. The molecule has 6 heteroatoms. The summed E-state index contributed by atoms with van der Waals surface area (Å²) in [6.07, 6.45) is 3.28. The van der Waals surface area contributed by atoms with Crippen LogP contribution in [0.2, 0.25) is 0 Å². The van der Waals surface area contributed by atoms with E-state index in [1.807, 2.05) is 6.92 Å². The second kappa shape index (κ2) is 7.45. The number of hydrogen-bond donors (Lipinski definition) is 1. The molecule has 76 valence electrons. The molecule has 0 rings (SSSR count). The molecular formula is C6H16FNO3S. The first-order valence-corrected chi connectivity index (χ1v) is 5.23. The monoisotopic (exact) mass is 201 g/mol. The zero-order valence-corrected chi connectivity index (χ0v) is 8.07. The lowest BCUT2D eigenvalue weighted by molar-refractivity contribution is 0.00288. The Morgan fingerprint density at radius 2 is 1.83 bits per heavy atom. The Hall–Kier alpha value is -0.200. The summed E-state index contributed by atoms with van der Waals surface area (Å²) in [6.45, 7) is 2.01. The number of unbranched alkanes of at least 4 members (excludes halogenated alkanes) is 3. The molecule has 0 aliphatic carbocycles. The van der Waals surface area contributed by atoms with Crippen LogP contribution in [0.5, 0.6) is 0 Å². The third-order valence-electron chi connectivity index (χ3n) is 1.34. The molecule has 0 heterocycles. The summed E-state index contributed by atoms with van der Waals surface area (Å²) >= 11 is 0. The van der Waals surface area contributed by atoms with E-state index < -0.39 is 10.1 Å². The van der Waals surface area contributed by atoms with Crippen LogP contribution in [0.25, 0.3) is 0 Å². The van der Waals surface area contributed by atoms with Gasteiger partial charge in [-0.2, -0.15) is 8.42 Å². The molecule has 0 unspecified atom stereocenters. The van der Waals surface area contributed by atoms with Crippen molar-refractivity contribution in [3.8, 4) is 0 Å². The van der Waals surface area contributed by atoms with E-state index in [0.29, 0.717) is 6.42 Å². The van der Waals surface area contributed by atoms with Gasteiger partial charge in [-0.05, 0) is 10.9 Å². The first kappa shape index (κ1) is 14.3. The highest BCUT2D eigenvalue weighted by molar-refractivity contribution is 7.86. The molecule has 0 aliphatic heterocycles. The average molecular weight is 201 g/mol. The SMILES string of the molecule is CCCCCCS(=O)(=O)OF.N. The lowest BCUT2D eigenvalue weighted by atomic mass is 10.2. The minimum Gasteiger partial charge on any atom is -0.344 e. The summed E-state index contributed by atoms with van der Waals surface area (Å²) in [6, 6.07) is 0. The van der Waals surface area contributed by atoms with Crippen molar-refractivity contribution in [3.05, 3.63) is 0 Å². The highest BCUT2D eigenvalue weighted by Gasteiger charge is 2.09. The van der Waals surface area contributed by atoms with E-state index in [1.165, 1.54) is 0 Å². The van der Waals surface area contributed by atoms with Crippen molar-refractivity contribution >= 4 is 10.1 Å². The maximum absolute atomic E-state index is 11.2. The van der Waals surface area contributed by atoms with Crippen molar-refractivity contribution < 1.29 is 17.3 Å². The van der Waals surface area contributed by atoms with Crippen molar-refractivity contribution in [1.82, 2.24) is 6.15 Å². The second-order valence-electron chi connectivity index (χ2n) is 2.39. The van der Waals surface area contributed by atoms with Gasteiger partial charge in [0.25, 0.3) is 10.1 Å². The van der Waals surface area contributed by atoms with Crippen LogP contribution in [0, 0.1) is 0 Å². The standard InChI is InChI=1S/C6H13FO3S.H3N/c1-2-3-4-5-6-11(8,9)10-7;/h2-6H2,1H3;1H3. The van der Waals surface area contributed by atoms with Crippen LogP contribution in [0.15, 0.2) is 0 Å². The molecule has 3 N–H and O–H groups in total. The molecule has 0 aromatic rings. The molecule has 0 bridgehead atoms. The number of hydrogen-bond acceptors (Lipinski definition) is 4. The van der Waals surface area contributed by atoms with Crippen molar-refractivity contribution in [3.63, 3.8) is 0 Å². The normalized spacial score (nSPS) is 10.8. The van der Waals surface area contributed by atoms with E-state index in [0.717, 1.165) is 19.3 Å². The van der Waals surface area contributed by atoms with E-state index in [1.54, 1.807) is 0 Å². The summed E-state index contributed by atoms with van der Waals surface area (Å²) < 4.78 is 34.7. The predicted octanol–water partition coefficient (Wildman–Crippen LogP) is 1.96. The van der Waals surface area contributed by atoms with Gasteiger partial charge in [-0.1, -0.05) is 30.6 Å². The van der Waals surface area contributed by atoms with Gasteiger partial charge in [-0.15, -0.1) is 0 Å². The molecule has 0 saturated heterocycles. The van der Waals surface area contributed by atoms with Gasteiger partial charge in [0.2, 0.25) is 0 Å². The molecule has 0 atom stereocenters. The second-order valence-corrected chi connectivity index (χ2v) is 4.04. The fourth-order valence-corrected chi connectivity index (χ4v) is 1.36. The van der Waals surface area contributed by atoms with Gasteiger partial charge in [0.15, 0.2) is 0 Å². The average Bonchev–Trinajstić information content (AvgIpc) is 1.99. The Balaban J connectivity index is 0. The van der Waals surface area contributed by atoms with Gasteiger partial charge in [-0.3, -0.25) is 0 Å². The van der Waals surface area contributed by atoms with Crippen LogP contribution in [-0.4, -0.2) is 14.2 Å². The van der Waals surface area contributed by atoms with Gasteiger partial charge in [0.1, 0.15) is 0 Å². The molecular weight excluding hydrogens is 185 g/mol. The Kier molecular flexibility index (Phi) is 8.90. The molecule has 0 aliphatic rings. The molecule has 0 fully saturated rings. The zero-order chi connectivity index (χ0) is 8.74. The fourth-order valence-electron chi connectivity index (χ4n) is 0.737. The Morgan fingerprint density at radius 3 is 2.25 bits per heavy atom. The fraction of sp³-hybridized carbons (Fsp3) is 1.00. The molecule has 4 nitrogen and oxygen atoms in total. The topological polar surface area (TPSA) is 78.4 Å². The van der Waals surface area contributed by atoms with Crippen molar-refractivity contribution in [2.45, 2.75) is 32.6 Å². The third kappa shape index (κ3) is 7.90. The summed E-state index contributed by atoms with van der Waals surface area (Å²) in [5, 5.41) is 0. The van der Waals surface area contributed by atoms with Gasteiger partial charge >= 0.3 is 0 Å². The molecule has 0 aromatic heterocycles. The van der Waals surface area contributed by atoms with Gasteiger partial charge in [0.05, 0.1) is 5.75 Å². The first-order chi connectivity index (χ1) is 5.12. The lowest BCUT2D eigenvalue weighted by Crippen LogP contribution is -2.05. The Morgan fingerprint density at radius 1 is 1.25 bits per heavy atom. The summed E-state index contributed by atoms with van der Waals surface area (Å²) in [4.78, 5) is 0. The van der Waals surface area contributed by atoms with Gasteiger partial charge in [0, 0.05) is 0 Å². The highest BCUT2D eigenvalue weighted by atomic mass is 32.2. The Labute approximate surface area is 72.7 Å². The quantitative estimate of drug-likeness (QED) is 0.666. The summed E-state index contributed by atoms with van der Waals surface area (Å²) in [7, 11) is -3.87. The van der Waals surface area contributed by atoms with Gasteiger partial charge in [-0.25, -0.2) is 0 Å². The molecule has 0 spiro atoms. The van der Waals surface area contributed by atoms with Crippen LogP contribution in [0.1, 0.15) is 32.6 Å². The van der Waals surface area contributed by atoms with Crippen LogP contribution in [0.4, 0.5) is 4.53 Å². The van der Waals surface area contributed by atoms with E-state index in [4.69, 9.17) is 0 Å². The highest BCUT2D eigenvalue weighted by Crippen LogP contribution is 2.03. The van der Waals surface area contributed by atoms with Crippen molar-refractivity contribution in [2.75, 3.05) is 5.75 Å². The van der Waals surface area contributed by atoms with Crippen molar-refractivity contribution in [1.29, 1.82) is 0 Å². The maximum Gasteiger partial charge on any atom is 0.297 e. The minimum atomic E-state index is -3.87. The minimum absolute atomic E-state index is 0. The summed E-state index contributed by atoms with van der Waals surface area (Å²) in [5.74, 6) is -0.219. The van der Waals surface area contributed by atoms with Crippen LogP contribution in [0.3, 0.4) is 0 Å². The predicted molar refractivity (Wildman–Crippen MR) is 45.1 cm³/mol. The Bertz CT molecular complexity index is 181. The maximum atomic E-state index is 11.2. The smallest absolute Gasteiger partial charge is 0.297 e. The van der Waals surface area contributed by atoms with E-state index >= 15 is 0 Å². The largest absolute Gasteiger partial charge is 0.344 e. The zero-order valence-electron chi connectivity index (χ0n) is 7.25. The number of rotatable bonds is 6. The lowest BCUT2D eigenvalue weighted by Gasteiger charge is -1.96. The van der Waals surface area contributed by atoms with Crippen LogP contribution < -0.4 is 6.15 Å². The van der Waals surface area contributed by atoms with Gasteiger partial charge < -0.3 is 6.15 Å². The molecule has 0 amide bonds. The third-order valence-corrected chi connectivity index (χ3v) is 2.32.